The Labute approximate surface area is 332 Å². The fraction of sp³-hybridized carbons (Fsp3) is 0.447. The number of aromatic nitrogens is 2. The molecule has 3 aromatic rings. The van der Waals surface area contributed by atoms with Crippen LogP contribution in [0.25, 0.3) is 5.69 Å². The Morgan fingerprint density at radius 3 is 2.37 bits per heavy atom. The van der Waals surface area contributed by atoms with Crippen molar-refractivity contribution in [2.24, 2.45) is 16.9 Å². The molecule has 8 N–H and O–H groups in total. The second-order valence-corrected chi connectivity index (χ2v) is 15.8. The number of carboxylic acid groups (broad SMARTS) is 1. The molecule has 57 heavy (non-hydrogen) atoms. The van der Waals surface area contributed by atoms with Crippen LogP contribution in [-0.2, 0) is 35.2 Å². The van der Waals surface area contributed by atoms with Crippen molar-refractivity contribution in [3.8, 4) is 5.69 Å². The van der Waals surface area contributed by atoms with Crippen LogP contribution in [0.1, 0.15) is 56.5 Å². The molecule has 0 saturated carbocycles. The van der Waals surface area contributed by atoms with Gasteiger partial charge >= 0.3 is 5.97 Å². The topological polar surface area (TPSA) is 243 Å². The summed E-state index contributed by atoms with van der Waals surface area (Å²) in [4.78, 5) is 77.0. The minimum absolute atomic E-state index is 0.0561. The number of carbonyl (C=O) groups is 6. The van der Waals surface area contributed by atoms with Crippen molar-refractivity contribution in [2.45, 2.75) is 63.4 Å². The van der Waals surface area contributed by atoms with Gasteiger partial charge in [0, 0.05) is 56.1 Å². The molecule has 0 aliphatic carbocycles. The molecule has 0 bridgehead atoms. The summed E-state index contributed by atoms with van der Waals surface area (Å²) in [6, 6.07) is 9.18. The molecule has 19 heteroatoms. The van der Waals surface area contributed by atoms with Gasteiger partial charge in [0.2, 0.25) is 29.5 Å². The van der Waals surface area contributed by atoms with Gasteiger partial charge in [-0.05, 0) is 29.5 Å². The molecule has 0 spiro atoms. The molecular weight excluding hydrogens is 767 g/mol. The third kappa shape index (κ3) is 11.9. The van der Waals surface area contributed by atoms with Crippen molar-refractivity contribution < 1.29 is 47.8 Å². The predicted octanol–water partition coefficient (Wildman–Crippen LogP) is 0.872. The van der Waals surface area contributed by atoms with Crippen molar-refractivity contribution in [3.63, 3.8) is 0 Å². The van der Waals surface area contributed by atoms with Crippen molar-refractivity contribution in [3.05, 3.63) is 83.2 Å². The van der Waals surface area contributed by atoms with Gasteiger partial charge < -0.3 is 37.2 Å². The highest BCUT2D eigenvalue weighted by atomic mass is 32.2. The van der Waals surface area contributed by atoms with Gasteiger partial charge in [0.15, 0.2) is 0 Å². The van der Waals surface area contributed by atoms with E-state index >= 15 is 0 Å². The van der Waals surface area contributed by atoms with Crippen LogP contribution in [0.3, 0.4) is 0 Å². The summed E-state index contributed by atoms with van der Waals surface area (Å²) < 4.78 is 30.5. The zero-order chi connectivity index (χ0) is 42.0. The lowest BCUT2D eigenvalue weighted by atomic mass is 9.81. The van der Waals surface area contributed by atoms with Crippen molar-refractivity contribution in [1.29, 1.82) is 0 Å². The minimum atomic E-state index is -1.24. The van der Waals surface area contributed by atoms with Crippen LogP contribution < -0.4 is 22.1 Å². The van der Waals surface area contributed by atoms with Gasteiger partial charge in [-0.15, -0.1) is 11.8 Å². The Kier molecular flexibility index (Phi) is 15.4. The molecule has 4 unspecified atom stereocenters. The zero-order valence-electron chi connectivity index (χ0n) is 31.8. The third-order valence-electron chi connectivity index (χ3n) is 9.12. The van der Waals surface area contributed by atoms with Gasteiger partial charge in [-0.1, -0.05) is 51.1 Å². The van der Waals surface area contributed by atoms with E-state index in [9.17, 15) is 42.7 Å². The molecule has 1 aromatic heterocycles. The van der Waals surface area contributed by atoms with Crippen molar-refractivity contribution >= 4 is 47.3 Å². The molecule has 5 amide bonds. The number of carbonyl (C=O) groups excluding carboxylic acids is 5. The number of carboxylic acids is 1. The number of benzene rings is 2. The number of nitrogens with zero attached hydrogens (tertiary/aromatic N) is 4. The summed E-state index contributed by atoms with van der Waals surface area (Å²) in [7, 11) is 0. The van der Waals surface area contributed by atoms with E-state index < -0.39 is 89.1 Å². The molecular formula is C38H48F2N8O8S. The number of hydrogen-bond acceptors (Lipinski definition) is 11. The minimum Gasteiger partial charge on any atom is -0.480 e. The molecule has 1 saturated heterocycles. The SMILES string of the molecule is CC(C)(C)C(c1nn(-c2cc(F)ccc2F)cc1Cc1ccccc1)N(CCC(N)C(=O)NCCNC(=O)CN1C(=O)CC(SCC(N)C(=O)O)C1=O)C(=O)CO. The third-order valence-corrected chi connectivity index (χ3v) is 10.4. The normalized spacial score (nSPS) is 15.9. The lowest BCUT2D eigenvalue weighted by Crippen LogP contribution is -2.48. The molecule has 1 aliphatic heterocycles. The smallest absolute Gasteiger partial charge is 0.321 e. The first-order chi connectivity index (χ1) is 26.9. The molecule has 16 nitrogen and oxygen atoms in total. The molecule has 2 aromatic carbocycles. The van der Waals surface area contributed by atoms with Gasteiger partial charge in [0.25, 0.3) is 0 Å². The highest BCUT2D eigenvalue weighted by Crippen LogP contribution is 2.40. The lowest BCUT2D eigenvalue weighted by Gasteiger charge is -2.40. The molecule has 2 heterocycles. The van der Waals surface area contributed by atoms with Crippen LogP contribution in [-0.4, -0.2) is 121 Å². The Morgan fingerprint density at radius 2 is 1.72 bits per heavy atom. The monoisotopic (exact) mass is 814 g/mol. The Balaban J connectivity index is 1.40. The number of aliphatic hydroxyl groups excluding tert-OH is 1. The second kappa shape index (κ2) is 19.8. The molecule has 1 aliphatic rings. The quantitative estimate of drug-likeness (QED) is 0.0730. The summed E-state index contributed by atoms with van der Waals surface area (Å²) in [5, 5.41) is 27.9. The molecule has 308 valence electrons. The van der Waals surface area contributed by atoms with Gasteiger partial charge in [-0.25, -0.2) is 13.5 Å². The van der Waals surface area contributed by atoms with Crippen LogP contribution >= 0.6 is 11.8 Å². The van der Waals surface area contributed by atoms with Crippen LogP contribution in [0.15, 0.2) is 54.7 Å². The van der Waals surface area contributed by atoms with Gasteiger partial charge in [0.05, 0.1) is 23.0 Å². The number of rotatable bonds is 19. The van der Waals surface area contributed by atoms with Gasteiger partial charge in [-0.3, -0.25) is 33.7 Å². The van der Waals surface area contributed by atoms with Crippen LogP contribution in [0.5, 0.6) is 0 Å². The number of aliphatic carboxylic acids is 1. The van der Waals surface area contributed by atoms with Gasteiger partial charge in [-0.2, -0.15) is 5.10 Å². The highest BCUT2D eigenvalue weighted by Gasteiger charge is 2.41. The van der Waals surface area contributed by atoms with E-state index in [0.29, 0.717) is 17.7 Å². The zero-order valence-corrected chi connectivity index (χ0v) is 32.6. The number of aliphatic hydroxyl groups is 1. The number of imide groups is 1. The first-order valence-corrected chi connectivity index (χ1v) is 19.2. The van der Waals surface area contributed by atoms with Crippen molar-refractivity contribution in [1.82, 2.24) is 30.2 Å². The summed E-state index contributed by atoms with van der Waals surface area (Å²) >= 11 is 0.931. The fourth-order valence-corrected chi connectivity index (χ4v) is 7.38. The average Bonchev–Trinajstić information content (AvgIpc) is 3.68. The number of nitrogens with one attached hydrogen (secondary N) is 2. The van der Waals surface area contributed by atoms with E-state index in [1.165, 1.54) is 9.58 Å². The lowest BCUT2D eigenvalue weighted by molar-refractivity contribution is -0.142. The molecule has 4 rings (SSSR count). The van der Waals surface area contributed by atoms with E-state index in [-0.39, 0.29) is 43.9 Å². The maximum atomic E-state index is 15.0. The largest absolute Gasteiger partial charge is 0.480 e. The predicted molar refractivity (Wildman–Crippen MR) is 206 cm³/mol. The number of nitrogens with two attached hydrogens (primary N) is 2. The molecule has 4 atom stereocenters. The number of hydrogen-bond donors (Lipinski definition) is 6. The Morgan fingerprint density at radius 1 is 1.04 bits per heavy atom. The highest BCUT2D eigenvalue weighted by molar-refractivity contribution is 8.00. The van der Waals surface area contributed by atoms with E-state index in [1.807, 2.05) is 51.1 Å². The first-order valence-electron chi connectivity index (χ1n) is 18.1. The molecule has 1 fully saturated rings. The number of halogens is 2. The summed E-state index contributed by atoms with van der Waals surface area (Å²) in [5.74, 6) is -5.87. The van der Waals surface area contributed by atoms with E-state index in [0.717, 1.165) is 40.4 Å². The Bertz CT molecular complexity index is 1940. The first kappa shape index (κ1) is 44.5. The fourth-order valence-electron chi connectivity index (χ4n) is 6.27. The summed E-state index contributed by atoms with van der Waals surface area (Å²) in [5.41, 5.74) is 12.7. The number of thioether (sulfide) groups is 1. The van der Waals surface area contributed by atoms with Gasteiger partial charge in [0.1, 0.15) is 36.5 Å². The van der Waals surface area contributed by atoms with E-state index in [1.54, 1.807) is 6.20 Å². The Hall–Kier alpha value is -5.24. The van der Waals surface area contributed by atoms with Crippen LogP contribution in [0.2, 0.25) is 0 Å². The van der Waals surface area contributed by atoms with Crippen LogP contribution in [0.4, 0.5) is 8.78 Å². The van der Waals surface area contributed by atoms with E-state index in [2.05, 4.69) is 10.6 Å². The number of amides is 5. The maximum Gasteiger partial charge on any atom is 0.321 e. The summed E-state index contributed by atoms with van der Waals surface area (Å²) in [6.45, 7) is 3.91. The van der Waals surface area contributed by atoms with E-state index in [4.69, 9.17) is 21.7 Å². The average molecular weight is 815 g/mol. The van der Waals surface area contributed by atoms with Crippen LogP contribution in [0, 0.1) is 17.0 Å². The second-order valence-electron chi connectivity index (χ2n) is 14.6. The number of likely N-dealkylation sites (tertiary alicyclic amines) is 1. The standard InChI is InChI=1S/C38H48F2N8O8S/c1-38(2,3)34(33-23(15-22-7-5-4-6-8-22)18-48(45-33)28-16-24(39)9-10-25(28)40)46(32(52)20-49)14-11-26(41)35(53)44-13-12-43-30(50)19-47-31(51)17-29(36(47)54)57-21-27(42)37(55)56/h4-10,16,18,26-27,29,34,49H,11-15,17,19-21,41-42H2,1-3H3,(H,43,50)(H,44,53)(H,55,56). The maximum absolute atomic E-state index is 15.0. The summed E-state index contributed by atoms with van der Waals surface area (Å²) in [6.07, 6.45) is 1.66. The van der Waals surface area contributed by atoms with Crippen molar-refractivity contribution in [2.75, 3.05) is 38.5 Å². The molecule has 0 radical (unpaired) electrons.